The van der Waals surface area contributed by atoms with Crippen LogP contribution in [-0.4, -0.2) is 0 Å². The second-order valence-corrected chi connectivity index (χ2v) is 4.11. The first-order valence-electron chi connectivity index (χ1n) is 6.62. The zero-order chi connectivity index (χ0) is 11.9. The molecule has 0 fully saturated rings. The minimum Gasteiger partial charge on any atom is -0.405 e. The predicted molar refractivity (Wildman–Crippen MR) is 74.2 cm³/mol. The summed E-state index contributed by atoms with van der Waals surface area (Å²) < 4.78 is 0. The summed E-state index contributed by atoms with van der Waals surface area (Å²) in [6.07, 6.45) is 22.5. The molecule has 0 heterocycles. The molecule has 0 saturated heterocycles. The van der Waals surface area contributed by atoms with Crippen molar-refractivity contribution in [3.63, 3.8) is 0 Å². The Morgan fingerprint density at radius 2 is 1.38 bits per heavy atom. The molecule has 0 unspecified atom stereocenters. The van der Waals surface area contributed by atoms with Crippen molar-refractivity contribution >= 4 is 0 Å². The quantitative estimate of drug-likeness (QED) is 0.419. The van der Waals surface area contributed by atoms with Gasteiger partial charge in [0, 0.05) is 0 Å². The molecule has 0 aliphatic carbocycles. The fourth-order valence-electron chi connectivity index (χ4n) is 1.59. The zero-order valence-corrected chi connectivity index (χ0v) is 10.7. The van der Waals surface area contributed by atoms with Crippen molar-refractivity contribution in [2.24, 2.45) is 5.73 Å². The molecule has 0 aliphatic rings. The molecule has 0 aliphatic heterocycles. The van der Waals surface area contributed by atoms with Crippen LogP contribution in [0.25, 0.3) is 0 Å². The summed E-state index contributed by atoms with van der Waals surface area (Å²) in [6, 6.07) is 0. The molecular formula is C15H27N. The van der Waals surface area contributed by atoms with Crippen LogP contribution in [0.5, 0.6) is 0 Å². The van der Waals surface area contributed by atoms with Gasteiger partial charge in [-0.25, -0.2) is 0 Å². The molecule has 0 aromatic heterocycles. The van der Waals surface area contributed by atoms with Crippen LogP contribution in [-0.2, 0) is 0 Å². The van der Waals surface area contributed by atoms with E-state index in [0.717, 1.165) is 0 Å². The van der Waals surface area contributed by atoms with Crippen LogP contribution in [0, 0.1) is 0 Å². The van der Waals surface area contributed by atoms with E-state index >= 15 is 0 Å². The third kappa shape index (κ3) is 13.0. The van der Waals surface area contributed by atoms with Gasteiger partial charge in [0.05, 0.1) is 0 Å². The molecule has 16 heavy (non-hydrogen) atoms. The monoisotopic (exact) mass is 221 g/mol. The number of hydrogen-bond acceptors (Lipinski definition) is 1. The van der Waals surface area contributed by atoms with E-state index in [1.54, 1.807) is 6.20 Å². The van der Waals surface area contributed by atoms with Crippen LogP contribution in [0.3, 0.4) is 0 Å². The van der Waals surface area contributed by atoms with Crippen LogP contribution in [0.4, 0.5) is 0 Å². The van der Waals surface area contributed by atoms with E-state index in [4.69, 9.17) is 5.73 Å². The Labute approximate surface area is 101 Å². The Morgan fingerprint density at radius 3 is 2.06 bits per heavy atom. The van der Waals surface area contributed by atoms with Gasteiger partial charge in [-0.1, -0.05) is 69.8 Å². The standard InChI is InChI=1S/C15H27N/c1-2-3-4-5-6-7-8-9-10-11-12-13-14-15-16/h10-15H,2-9,16H2,1H3. The lowest BCUT2D eigenvalue weighted by atomic mass is 10.1. The Bertz CT molecular complexity index is 201. The minimum absolute atomic E-state index is 1.20. The first-order valence-corrected chi connectivity index (χ1v) is 6.62. The van der Waals surface area contributed by atoms with Crippen molar-refractivity contribution in [3.05, 3.63) is 36.6 Å². The number of unbranched alkanes of at least 4 members (excludes halogenated alkanes) is 7. The molecule has 92 valence electrons. The van der Waals surface area contributed by atoms with Crippen LogP contribution >= 0.6 is 0 Å². The van der Waals surface area contributed by atoms with Crippen molar-refractivity contribution in [1.82, 2.24) is 0 Å². The lowest BCUT2D eigenvalue weighted by Crippen LogP contribution is -1.78. The normalized spacial score (nSPS) is 12.3. The van der Waals surface area contributed by atoms with Gasteiger partial charge in [-0.2, -0.15) is 0 Å². The third-order valence-corrected chi connectivity index (χ3v) is 2.55. The fourth-order valence-corrected chi connectivity index (χ4v) is 1.59. The number of rotatable bonds is 10. The Kier molecular flexibility index (Phi) is 13.2. The first kappa shape index (κ1) is 15.0. The maximum absolute atomic E-state index is 5.20. The van der Waals surface area contributed by atoms with Crippen molar-refractivity contribution < 1.29 is 0 Å². The van der Waals surface area contributed by atoms with E-state index in [1.165, 1.54) is 51.4 Å². The van der Waals surface area contributed by atoms with Gasteiger partial charge in [-0.15, -0.1) is 0 Å². The van der Waals surface area contributed by atoms with Gasteiger partial charge in [0.15, 0.2) is 0 Å². The molecule has 0 atom stereocenters. The summed E-state index contributed by atoms with van der Waals surface area (Å²) in [5, 5.41) is 0. The minimum atomic E-state index is 1.20. The number of nitrogens with two attached hydrogens (primary N) is 1. The maximum Gasteiger partial charge on any atom is -0.00624 e. The lowest BCUT2D eigenvalue weighted by molar-refractivity contribution is 0.592. The predicted octanol–water partition coefficient (Wildman–Crippen LogP) is 4.71. The molecule has 0 amide bonds. The smallest absolute Gasteiger partial charge is 0.00624 e. The van der Waals surface area contributed by atoms with Gasteiger partial charge in [0.2, 0.25) is 0 Å². The van der Waals surface area contributed by atoms with Crippen LogP contribution < -0.4 is 5.73 Å². The third-order valence-electron chi connectivity index (χ3n) is 2.55. The highest BCUT2D eigenvalue weighted by molar-refractivity contribution is 5.10. The van der Waals surface area contributed by atoms with Gasteiger partial charge in [0.25, 0.3) is 0 Å². The van der Waals surface area contributed by atoms with Crippen LogP contribution in [0.2, 0.25) is 0 Å². The second-order valence-electron chi connectivity index (χ2n) is 4.11. The molecule has 0 spiro atoms. The topological polar surface area (TPSA) is 26.0 Å². The number of hydrogen-bond donors (Lipinski definition) is 1. The van der Waals surface area contributed by atoms with Crippen molar-refractivity contribution in [1.29, 1.82) is 0 Å². The second kappa shape index (κ2) is 14.0. The van der Waals surface area contributed by atoms with Gasteiger partial charge < -0.3 is 5.73 Å². The van der Waals surface area contributed by atoms with E-state index < -0.39 is 0 Å². The zero-order valence-electron chi connectivity index (χ0n) is 10.7. The van der Waals surface area contributed by atoms with E-state index in [-0.39, 0.29) is 0 Å². The summed E-state index contributed by atoms with van der Waals surface area (Å²) in [5.41, 5.74) is 5.20. The van der Waals surface area contributed by atoms with E-state index in [2.05, 4.69) is 19.1 Å². The summed E-state index contributed by atoms with van der Waals surface area (Å²) in [4.78, 5) is 0. The molecule has 0 aromatic rings. The maximum atomic E-state index is 5.20. The largest absolute Gasteiger partial charge is 0.405 e. The van der Waals surface area contributed by atoms with Crippen LogP contribution in [0.1, 0.15) is 58.3 Å². The summed E-state index contributed by atoms with van der Waals surface area (Å²) in [5.74, 6) is 0. The molecule has 0 saturated carbocycles. The Hall–Kier alpha value is -0.980. The molecule has 0 bridgehead atoms. The van der Waals surface area contributed by atoms with E-state index in [9.17, 15) is 0 Å². The molecule has 1 nitrogen and oxygen atoms in total. The lowest BCUT2D eigenvalue weighted by Gasteiger charge is -1.98. The highest BCUT2D eigenvalue weighted by atomic mass is 14.5. The summed E-state index contributed by atoms with van der Waals surface area (Å²) in [7, 11) is 0. The van der Waals surface area contributed by atoms with Gasteiger partial charge in [-0.05, 0) is 25.1 Å². The Morgan fingerprint density at radius 1 is 0.750 bits per heavy atom. The van der Waals surface area contributed by atoms with Gasteiger partial charge in [-0.3, -0.25) is 0 Å². The summed E-state index contributed by atoms with van der Waals surface area (Å²) >= 11 is 0. The van der Waals surface area contributed by atoms with Crippen molar-refractivity contribution in [3.8, 4) is 0 Å². The number of allylic oxidation sites excluding steroid dienone is 5. The van der Waals surface area contributed by atoms with E-state index in [0.29, 0.717) is 0 Å². The first-order chi connectivity index (χ1) is 7.91. The van der Waals surface area contributed by atoms with Gasteiger partial charge in [0.1, 0.15) is 0 Å². The average molecular weight is 221 g/mol. The van der Waals surface area contributed by atoms with Crippen LogP contribution in [0.15, 0.2) is 36.6 Å². The van der Waals surface area contributed by atoms with Crippen molar-refractivity contribution in [2.45, 2.75) is 58.3 Å². The van der Waals surface area contributed by atoms with Crippen molar-refractivity contribution in [2.75, 3.05) is 0 Å². The fraction of sp³-hybridized carbons (Fsp3) is 0.600. The summed E-state index contributed by atoms with van der Waals surface area (Å²) in [6.45, 7) is 2.26. The molecule has 2 N–H and O–H groups in total. The average Bonchev–Trinajstić information content (AvgIpc) is 2.31. The van der Waals surface area contributed by atoms with E-state index in [1.807, 2.05) is 18.2 Å². The molecule has 0 rings (SSSR count). The highest BCUT2D eigenvalue weighted by Crippen LogP contribution is 2.08. The SMILES string of the molecule is CCCCCCCCCC=CC=CC=CN. The van der Waals surface area contributed by atoms with Gasteiger partial charge >= 0.3 is 0 Å². The molecular weight excluding hydrogens is 194 g/mol. The highest BCUT2D eigenvalue weighted by Gasteiger charge is 1.88. The molecule has 0 radical (unpaired) electrons. The molecule has 1 heteroatoms. The molecule has 0 aromatic carbocycles. The Balaban J connectivity index is 3.14.